The molecule has 1 aromatic heterocycles. The van der Waals surface area contributed by atoms with Crippen molar-refractivity contribution < 1.29 is 4.79 Å². The van der Waals surface area contributed by atoms with Gasteiger partial charge in [-0.3, -0.25) is 10.1 Å². The maximum Gasteiger partial charge on any atom is 0.243 e. The Morgan fingerprint density at radius 3 is 2.93 bits per heavy atom. The Morgan fingerprint density at radius 1 is 1.64 bits per heavy atom. The van der Waals surface area contributed by atoms with Crippen molar-refractivity contribution in [2.24, 2.45) is 0 Å². The van der Waals surface area contributed by atoms with Crippen LogP contribution in [-0.4, -0.2) is 21.5 Å². The number of carbonyl (C=O) groups is 1. The summed E-state index contributed by atoms with van der Waals surface area (Å²) in [5.74, 6) is -0.245. The highest BCUT2D eigenvalue weighted by atomic mass is 35.5. The number of anilines is 1. The first-order valence-corrected chi connectivity index (χ1v) is 5.66. The van der Waals surface area contributed by atoms with Crippen molar-refractivity contribution in [2.45, 2.75) is 32.1 Å². The predicted octanol–water partition coefficient (Wildman–Crippen LogP) is 2.06. The van der Waals surface area contributed by atoms with Crippen LogP contribution in [0.5, 0.6) is 0 Å². The van der Waals surface area contributed by atoms with Crippen molar-refractivity contribution in [2.75, 3.05) is 5.32 Å². The molecule has 0 fully saturated rings. The SMILES string of the molecule is CCCc1nnc(NC(=O)C(C)Cl)s1. The molecule has 0 radical (unpaired) electrons. The molecule has 6 heteroatoms. The van der Waals surface area contributed by atoms with Crippen LogP contribution in [0.25, 0.3) is 0 Å². The molecule has 1 rings (SSSR count). The minimum atomic E-state index is -0.548. The number of rotatable bonds is 4. The fourth-order valence-electron chi connectivity index (χ4n) is 0.824. The molecule has 0 aromatic carbocycles. The number of hydrogen-bond acceptors (Lipinski definition) is 4. The van der Waals surface area contributed by atoms with Gasteiger partial charge in [-0.15, -0.1) is 21.8 Å². The molecule has 0 saturated heterocycles. The van der Waals surface area contributed by atoms with Gasteiger partial charge in [0.15, 0.2) is 0 Å². The molecule has 14 heavy (non-hydrogen) atoms. The summed E-state index contributed by atoms with van der Waals surface area (Å²) < 4.78 is 0. The maximum atomic E-state index is 11.2. The summed E-state index contributed by atoms with van der Waals surface area (Å²) in [6, 6.07) is 0. The van der Waals surface area contributed by atoms with Crippen molar-refractivity contribution in [3.05, 3.63) is 5.01 Å². The molecular weight excluding hydrogens is 222 g/mol. The molecule has 1 N–H and O–H groups in total. The predicted molar refractivity (Wildman–Crippen MR) is 57.8 cm³/mol. The highest BCUT2D eigenvalue weighted by Gasteiger charge is 2.11. The molecular formula is C8H12ClN3OS. The lowest BCUT2D eigenvalue weighted by atomic mass is 10.4. The number of alkyl halides is 1. The van der Waals surface area contributed by atoms with E-state index in [0.717, 1.165) is 17.8 Å². The van der Waals surface area contributed by atoms with E-state index in [4.69, 9.17) is 11.6 Å². The Labute approximate surface area is 91.7 Å². The van der Waals surface area contributed by atoms with Crippen molar-refractivity contribution >= 4 is 34.0 Å². The minimum absolute atomic E-state index is 0.245. The normalized spacial score (nSPS) is 12.5. The largest absolute Gasteiger partial charge is 0.299 e. The number of nitrogens with zero attached hydrogens (tertiary/aromatic N) is 2. The Balaban J connectivity index is 2.55. The topological polar surface area (TPSA) is 54.9 Å². The van der Waals surface area contributed by atoms with Gasteiger partial charge in [-0.1, -0.05) is 18.3 Å². The van der Waals surface area contributed by atoms with Gasteiger partial charge in [0.25, 0.3) is 0 Å². The molecule has 1 unspecified atom stereocenters. The van der Waals surface area contributed by atoms with E-state index in [1.807, 2.05) is 0 Å². The van der Waals surface area contributed by atoms with E-state index < -0.39 is 5.38 Å². The molecule has 0 aliphatic heterocycles. The van der Waals surface area contributed by atoms with E-state index in [-0.39, 0.29) is 5.91 Å². The number of aromatic nitrogens is 2. The van der Waals surface area contributed by atoms with Gasteiger partial charge in [0.05, 0.1) is 0 Å². The van der Waals surface area contributed by atoms with Gasteiger partial charge in [-0.05, 0) is 13.3 Å². The third kappa shape index (κ3) is 3.23. The van der Waals surface area contributed by atoms with Crippen LogP contribution in [0.4, 0.5) is 5.13 Å². The lowest BCUT2D eigenvalue weighted by Crippen LogP contribution is -2.20. The molecule has 0 saturated carbocycles. The number of aryl methyl sites for hydroxylation is 1. The van der Waals surface area contributed by atoms with Crippen LogP contribution in [0.1, 0.15) is 25.3 Å². The van der Waals surface area contributed by atoms with Crippen LogP contribution in [0.15, 0.2) is 0 Å². The average molecular weight is 234 g/mol. The average Bonchev–Trinajstić information content (AvgIpc) is 2.53. The Bertz CT molecular complexity index is 313. The molecule has 78 valence electrons. The third-order valence-corrected chi connectivity index (χ3v) is 2.62. The minimum Gasteiger partial charge on any atom is -0.299 e. The first kappa shape index (κ1) is 11.4. The van der Waals surface area contributed by atoms with E-state index in [2.05, 4.69) is 22.4 Å². The summed E-state index contributed by atoms with van der Waals surface area (Å²) in [6.45, 7) is 3.69. The molecule has 0 aliphatic carbocycles. The summed E-state index contributed by atoms with van der Waals surface area (Å²) in [4.78, 5) is 11.2. The van der Waals surface area contributed by atoms with Gasteiger partial charge in [0, 0.05) is 6.42 Å². The molecule has 1 heterocycles. The Hall–Kier alpha value is -0.680. The summed E-state index contributed by atoms with van der Waals surface area (Å²) in [6.07, 6.45) is 1.92. The van der Waals surface area contributed by atoms with Crippen LogP contribution in [0.3, 0.4) is 0 Å². The van der Waals surface area contributed by atoms with Crippen molar-refractivity contribution in [1.29, 1.82) is 0 Å². The fourth-order valence-corrected chi connectivity index (χ4v) is 1.72. The second kappa shape index (κ2) is 5.26. The standard InChI is InChI=1S/C8H12ClN3OS/c1-3-4-6-11-12-8(14-6)10-7(13)5(2)9/h5H,3-4H2,1-2H3,(H,10,12,13). The lowest BCUT2D eigenvalue weighted by molar-refractivity contribution is -0.115. The van der Waals surface area contributed by atoms with E-state index in [0.29, 0.717) is 5.13 Å². The number of halogens is 1. The van der Waals surface area contributed by atoms with Gasteiger partial charge in [-0.2, -0.15) is 0 Å². The number of amides is 1. The molecule has 0 spiro atoms. The first-order chi connectivity index (χ1) is 6.63. The zero-order valence-electron chi connectivity index (χ0n) is 8.08. The van der Waals surface area contributed by atoms with Crippen molar-refractivity contribution in [3.8, 4) is 0 Å². The second-order valence-electron chi connectivity index (χ2n) is 2.86. The van der Waals surface area contributed by atoms with Crippen molar-refractivity contribution in [3.63, 3.8) is 0 Å². The summed E-state index contributed by atoms with van der Waals surface area (Å²) >= 11 is 6.98. The van der Waals surface area contributed by atoms with Gasteiger partial charge in [-0.25, -0.2) is 0 Å². The molecule has 0 aliphatic rings. The Kier molecular flexibility index (Phi) is 4.28. The summed E-state index contributed by atoms with van der Waals surface area (Å²) in [7, 11) is 0. The highest BCUT2D eigenvalue weighted by Crippen LogP contribution is 2.16. The third-order valence-electron chi connectivity index (χ3n) is 1.52. The molecule has 1 amide bonds. The van der Waals surface area contributed by atoms with Gasteiger partial charge >= 0.3 is 0 Å². The fraction of sp³-hybridized carbons (Fsp3) is 0.625. The first-order valence-electron chi connectivity index (χ1n) is 4.40. The smallest absolute Gasteiger partial charge is 0.243 e. The summed E-state index contributed by atoms with van der Waals surface area (Å²) in [5.41, 5.74) is 0. The molecule has 4 nitrogen and oxygen atoms in total. The molecule has 1 atom stereocenters. The van der Waals surface area contributed by atoms with Crippen LogP contribution in [0, 0.1) is 0 Å². The quantitative estimate of drug-likeness (QED) is 0.810. The van der Waals surface area contributed by atoms with Crippen LogP contribution < -0.4 is 5.32 Å². The lowest BCUT2D eigenvalue weighted by Gasteiger charge is -2.00. The van der Waals surface area contributed by atoms with Gasteiger partial charge in [0.1, 0.15) is 10.4 Å². The summed E-state index contributed by atoms with van der Waals surface area (Å²) in [5, 5.41) is 11.3. The number of hydrogen-bond donors (Lipinski definition) is 1. The molecule has 0 bridgehead atoms. The highest BCUT2D eigenvalue weighted by molar-refractivity contribution is 7.15. The van der Waals surface area contributed by atoms with Crippen LogP contribution >= 0.6 is 22.9 Å². The zero-order chi connectivity index (χ0) is 10.6. The number of nitrogens with one attached hydrogen (secondary N) is 1. The second-order valence-corrected chi connectivity index (χ2v) is 4.57. The maximum absolute atomic E-state index is 11.2. The monoisotopic (exact) mass is 233 g/mol. The van der Waals surface area contributed by atoms with Gasteiger partial charge in [0.2, 0.25) is 11.0 Å². The number of carbonyl (C=O) groups excluding carboxylic acids is 1. The van der Waals surface area contributed by atoms with Gasteiger partial charge < -0.3 is 0 Å². The van der Waals surface area contributed by atoms with Crippen molar-refractivity contribution in [1.82, 2.24) is 10.2 Å². The van der Waals surface area contributed by atoms with E-state index in [9.17, 15) is 4.79 Å². The Morgan fingerprint density at radius 2 is 2.36 bits per heavy atom. The zero-order valence-corrected chi connectivity index (χ0v) is 9.65. The molecule has 1 aromatic rings. The van der Waals surface area contributed by atoms with Crippen LogP contribution in [0.2, 0.25) is 0 Å². The van der Waals surface area contributed by atoms with E-state index >= 15 is 0 Å². The van der Waals surface area contributed by atoms with Crippen LogP contribution in [-0.2, 0) is 11.2 Å². The van der Waals surface area contributed by atoms with E-state index in [1.54, 1.807) is 6.92 Å². The van der Waals surface area contributed by atoms with E-state index in [1.165, 1.54) is 11.3 Å².